The van der Waals surface area contributed by atoms with Crippen LogP contribution in [0.3, 0.4) is 0 Å². The number of benzene rings is 2. The van der Waals surface area contributed by atoms with Crippen LogP contribution in [0.25, 0.3) is 0 Å². The molecule has 2 aromatic carbocycles. The third-order valence-corrected chi connectivity index (χ3v) is 4.90. The van der Waals surface area contributed by atoms with Gasteiger partial charge in [-0.15, -0.1) is 0 Å². The van der Waals surface area contributed by atoms with E-state index >= 15 is 0 Å². The molecule has 3 rings (SSSR count). The Morgan fingerprint density at radius 1 is 1.20 bits per heavy atom. The van der Waals surface area contributed by atoms with Gasteiger partial charge >= 0.3 is 5.97 Å². The summed E-state index contributed by atoms with van der Waals surface area (Å²) in [5.74, 6) is -0.726. The topological polar surface area (TPSA) is 71.5 Å². The zero-order valence-corrected chi connectivity index (χ0v) is 17.2. The van der Waals surface area contributed by atoms with E-state index in [4.69, 9.17) is 21.4 Å². The van der Waals surface area contributed by atoms with Gasteiger partial charge in [0.2, 0.25) is 5.88 Å². The summed E-state index contributed by atoms with van der Waals surface area (Å²) >= 11 is 6.10. The third kappa shape index (κ3) is 6.02. The molecule has 3 aromatic rings. The molecule has 0 spiro atoms. The average molecular weight is 429 g/mol. The summed E-state index contributed by atoms with van der Waals surface area (Å²) in [5, 5.41) is 12.9. The number of halogens is 2. The van der Waals surface area contributed by atoms with Gasteiger partial charge in [-0.3, -0.25) is 0 Å². The molecule has 1 atom stereocenters. The molecule has 0 fully saturated rings. The second-order valence-electron chi connectivity index (χ2n) is 6.87. The number of rotatable bonds is 9. The van der Waals surface area contributed by atoms with Crippen LogP contribution in [-0.2, 0) is 13.0 Å². The number of hydrogen-bond donors (Lipinski definition) is 2. The minimum absolute atomic E-state index is 0.0149. The molecule has 30 heavy (non-hydrogen) atoms. The monoisotopic (exact) mass is 428 g/mol. The molecule has 156 valence electrons. The van der Waals surface area contributed by atoms with Gasteiger partial charge in [-0.2, -0.15) is 0 Å². The quantitative estimate of drug-likeness (QED) is 0.499. The molecule has 0 aliphatic heterocycles. The Morgan fingerprint density at radius 3 is 2.57 bits per heavy atom. The first-order valence-corrected chi connectivity index (χ1v) is 9.88. The van der Waals surface area contributed by atoms with Crippen LogP contribution in [-0.4, -0.2) is 22.7 Å². The van der Waals surface area contributed by atoms with E-state index < -0.39 is 5.97 Å². The smallest absolute Gasteiger partial charge is 0.335 e. The van der Waals surface area contributed by atoms with Gasteiger partial charge in [-0.1, -0.05) is 35.9 Å². The number of nitrogens with zero attached hydrogens (tertiary/aromatic N) is 1. The van der Waals surface area contributed by atoms with Crippen molar-refractivity contribution in [2.75, 3.05) is 6.61 Å². The molecule has 2 N–H and O–H groups in total. The molecule has 5 nitrogen and oxygen atoms in total. The molecule has 0 bridgehead atoms. The lowest BCUT2D eigenvalue weighted by Gasteiger charge is -2.16. The van der Waals surface area contributed by atoms with E-state index in [9.17, 15) is 9.18 Å². The Bertz CT molecular complexity index is 994. The second-order valence-corrected chi connectivity index (χ2v) is 7.31. The molecule has 0 saturated carbocycles. The van der Waals surface area contributed by atoms with Gasteiger partial charge in [0.1, 0.15) is 5.82 Å². The summed E-state index contributed by atoms with van der Waals surface area (Å²) in [6.07, 6.45) is 2.16. The Morgan fingerprint density at radius 2 is 1.90 bits per heavy atom. The summed E-state index contributed by atoms with van der Waals surface area (Å²) in [5.41, 5.74) is 3.01. The molecular weight excluding hydrogens is 407 g/mol. The summed E-state index contributed by atoms with van der Waals surface area (Å²) in [4.78, 5) is 15.3. The molecule has 0 unspecified atom stereocenters. The van der Waals surface area contributed by atoms with Gasteiger partial charge in [0.25, 0.3) is 0 Å². The first-order chi connectivity index (χ1) is 14.4. The number of ether oxygens (including phenoxy) is 1. The van der Waals surface area contributed by atoms with Gasteiger partial charge in [0.05, 0.1) is 17.2 Å². The van der Waals surface area contributed by atoms with Crippen molar-refractivity contribution in [2.45, 2.75) is 25.9 Å². The van der Waals surface area contributed by atoms with E-state index in [-0.39, 0.29) is 17.4 Å². The fraction of sp³-hybridized carbons (Fsp3) is 0.217. The van der Waals surface area contributed by atoms with Gasteiger partial charge in [0, 0.05) is 30.8 Å². The van der Waals surface area contributed by atoms with E-state index in [2.05, 4.69) is 10.3 Å². The number of carboxylic acid groups (broad SMARTS) is 1. The van der Waals surface area contributed by atoms with Gasteiger partial charge in [-0.05, 0) is 48.4 Å². The normalized spacial score (nSPS) is 11.8. The van der Waals surface area contributed by atoms with E-state index in [0.29, 0.717) is 30.5 Å². The summed E-state index contributed by atoms with van der Waals surface area (Å²) < 4.78 is 18.8. The number of aromatic nitrogens is 1. The molecule has 1 heterocycles. The van der Waals surface area contributed by atoms with E-state index in [0.717, 1.165) is 16.7 Å². The lowest BCUT2D eigenvalue weighted by atomic mass is 10.1. The van der Waals surface area contributed by atoms with Crippen molar-refractivity contribution in [3.8, 4) is 5.88 Å². The first-order valence-electron chi connectivity index (χ1n) is 9.50. The number of carbonyl (C=O) groups is 1. The highest BCUT2D eigenvalue weighted by Gasteiger charge is 2.11. The maximum Gasteiger partial charge on any atom is 0.335 e. The van der Waals surface area contributed by atoms with Crippen molar-refractivity contribution in [3.05, 3.63) is 93.9 Å². The maximum absolute atomic E-state index is 13.0. The van der Waals surface area contributed by atoms with Crippen molar-refractivity contribution in [1.29, 1.82) is 0 Å². The van der Waals surface area contributed by atoms with Crippen molar-refractivity contribution in [3.63, 3.8) is 0 Å². The highest BCUT2D eigenvalue weighted by atomic mass is 35.5. The fourth-order valence-corrected chi connectivity index (χ4v) is 3.12. The van der Waals surface area contributed by atoms with Crippen molar-refractivity contribution in [2.24, 2.45) is 0 Å². The summed E-state index contributed by atoms with van der Waals surface area (Å²) in [7, 11) is 0. The van der Waals surface area contributed by atoms with Crippen LogP contribution in [0.5, 0.6) is 5.88 Å². The predicted molar refractivity (Wildman–Crippen MR) is 114 cm³/mol. The Labute approximate surface area is 179 Å². The van der Waals surface area contributed by atoms with Crippen LogP contribution < -0.4 is 10.1 Å². The van der Waals surface area contributed by atoms with Crippen LogP contribution in [0, 0.1) is 5.82 Å². The zero-order chi connectivity index (χ0) is 21.5. The van der Waals surface area contributed by atoms with Crippen molar-refractivity contribution >= 4 is 17.6 Å². The molecular formula is C23H22ClFN2O3. The van der Waals surface area contributed by atoms with Crippen molar-refractivity contribution < 1.29 is 19.0 Å². The third-order valence-electron chi connectivity index (χ3n) is 4.69. The average Bonchev–Trinajstić information content (AvgIpc) is 2.74. The summed E-state index contributed by atoms with van der Waals surface area (Å²) in [6, 6.07) is 14.8. The summed E-state index contributed by atoms with van der Waals surface area (Å²) in [6.45, 7) is 2.86. The Balaban J connectivity index is 1.60. The molecule has 1 aromatic heterocycles. The first kappa shape index (κ1) is 21.7. The largest absolute Gasteiger partial charge is 0.478 e. The second kappa shape index (κ2) is 10.2. The van der Waals surface area contributed by atoms with Gasteiger partial charge < -0.3 is 15.2 Å². The van der Waals surface area contributed by atoms with E-state index in [1.807, 2.05) is 6.92 Å². The van der Waals surface area contributed by atoms with Crippen LogP contribution in [0.2, 0.25) is 5.02 Å². The van der Waals surface area contributed by atoms with Crippen LogP contribution in [0.4, 0.5) is 4.39 Å². The highest BCUT2D eigenvalue weighted by Crippen LogP contribution is 2.22. The SMILES string of the molecule is C[C@H](NCc1cc(Cl)cnc1OCCc1ccc(F)cc1)c1ccc(C(=O)O)cc1. The lowest BCUT2D eigenvalue weighted by molar-refractivity contribution is 0.0697. The number of aromatic carboxylic acids is 1. The van der Waals surface area contributed by atoms with E-state index in [1.54, 1.807) is 42.5 Å². The Kier molecular flexibility index (Phi) is 7.38. The van der Waals surface area contributed by atoms with E-state index in [1.165, 1.54) is 18.3 Å². The Hall–Kier alpha value is -2.96. The number of pyridine rings is 1. The molecule has 0 radical (unpaired) electrons. The fourth-order valence-electron chi connectivity index (χ4n) is 2.94. The molecule has 0 amide bonds. The predicted octanol–water partition coefficient (Wildman–Crippen LogP) is 5.04. The standard InChI is InChI=1S/C23H22ClFN2O3/c1-15(17-4-6-18(7-5-17)23(28)29)26-13-19-12-20(24)14-27-22(19)30-11-10-16-2-8-21(25)9-3-16/h2-9,12,14-15,26H,10-11,13H2,1H3,(H,28,29)/t15-/m0/s1. The number of nitrogens with one attached hydrogen (secondary N) is 1. The lowest BCUT2D eigenvalue weighted by Crippen LogP contribution is -2.19. The highest BCUT2D eigenvalue weighted by molar-refractivity contribution is 6.30. The number of carboxylic acids is 1. The van der Waals surface area contributed by atoms with Crippen LogP contribution in [0.1, 0.15) is 40.0 Å². The molecule has 7 heteroatoms. The van der Waals surface area contributed by atoms with Gasteiger partial charge in [0.15, 0.2) is 0 Å². The van der Waals surface area contributed by atoms with Crippen LogP contribution >= 0.6 is 11.6 Å². The van der Waals surface area contributed by atoms with Crippen LogP contribution in [0.15, 0.2) is 60.8 Å². The molecule has 0 saturated heterocycles. The minimum atomic E-state index is -0.949. The van der Waals surface area contributed by atoms with Crippen molar-refractivity contribution in [1.82, 2.24) is 10.3 Å². The van der Waals surface area contributed by atoms with Gasteiger partial charge in [-0.25, -0.2) is 14.2 Å². The molecule has 0 aliphatic rings. The zero-order valence-electron chi connectivity index (χ0n) is 16.4. The maximum atomic E-state index is 13.0. The number of hydrogen-bond acceptors (Lipinski definition) is 4. The molecule has 0 aliphatic carbocycles. The minimum Gasteiger partial charge on any atom is -0.478 e.